The summed E-state index contributed by atoms with van der Waals surface area (Å²) in [5.74, 6) is -8.74. The maximum absolute atomic E-state index is 12.7. The van der Waals surface area contributed by atoms with E-state index in [1.165, 1.54) is 0 Å². The van der Waals surface area contributed by atoms with Crippen molar-refractivity contribution < 1.29 is 32.3 Å². The largest absolute Gasteiger partial charge is 0.707 e. The molecule has 0 heterocycles. The van der Waals surface area contributed by atoms with Crippen molar-refractivity contribution in [1.29, 1.82) is 0 Å². The van der Waals surface area contributed by atoms with E-state index in [0.717, 1.165) is 0 Å². The van der Waals surface area contributed by atoms with Crippen LogP contribution in [0.2, 0.25) is 0 Å². The SMILES string of the molecule is OB(O)Oc1cc(F)c(F)c(F)c1F. The van der Waals surface area contributed by atoms with Gasteiger partial charge in [-0.1, -0.05) is 0 Å². The molecule has 0 spiro atoms. The van der Waals surface area contributed by atoms with Crippen molar-refractivity contribution in [1.82, 2.24) is 0 Å². The maximum atomic E-state index is 12.7. The molecule has 14 heavy (non-hydrogen) atoms. The normalized spacial score (nSPS) is 10.1. The van der Waals surface area contributed by atoms with Crippen molar-refractivity contribution >= 4 is 7.32 Å². The Morgan fingerprint density at radius 3 is 2.07 bits per heavy atom. The highest BCUT2D eigenvalue weighted by molar-refractivity contribution is 6.33. The van der Waals surface area contributed by atoms with Crippen LogP contribution in [0.25, 0.3) is 0 Å². The molecule has 2 N–H and O–H groups in total. The first kappa shape index (κ1) is 10.8. The van der Waals surface area contributed by atoms with Crippen LogP contribution < -0.4 is 4.65 Å². The monoisotopic (exact) mass is 210 g/mol. The predicted molar refractivity (Wildman–Crippen MR) is 37.1 cm³/mol. The summed E-state index contributed by atoms with van der Waals surface area (Å²) in [5, 5.41) is 16.4. The molecule has 1 aromatic carbocycles. The second-order valence-corrected chi connectivity index (χ2v) is 2.24. The van der Waals surface area contributed by atoms with Crippen LogP contribution in [0, 0.1) is 23.3 Å². The van der Waals surface area contributed by atoms with Crippen LogP contribution in [0.5, 0.6) is 5.75 Å². The van der Waals surface area contributed by atoms with Gasteiger partial charge in [0.1, 0.15) is 5.75 Å². The van der Waals surface area contributed by atoms with E-state index in [9.17, 15) is 17.6 Å². The third-order valence-electron chi connectivity index (χ3n) is 1.30. The van der Waals surface area contributed by atoms with Crippen molar-refractivity contribution in [2.45, 2.75) is 0 Å². The summed E-state index contributed by atoms with van der Waals surface area (Å²) in [4.78, 5) is 0. The molecule has 0 saturated heterocycles. The predicted octanol–water partition coefficient (Wildman–Crippen LogP) is 0.591. The molecule has 1 aromatic rings. The lowest BCUT2D eigenvalue weighted by Crippen LogP contribution is -2.21. The van der Waals surface area contributed by atoms with Crippen LogP contribution in [-0.2, 0) is 0 Å². The Morgan fingerprint density at radius 1 is 1.00 bits per heavy atom. The van der Waals surface area contributed by atoms with E-state index in [2.05, 4.69) is 4.65 Å². The first-order valence-electron chi connectivity index (χ1n) is 3.29. The molecule has 0 fully saturated rings. The lowest BCUT2D eigenvalue weighted by atomic mass is 10.2. The minimum absolute atomic E-state index is 0.160. The Labute approximate surface area is 75.7 Å². The van der Waals surface area contributed by atoms with Gasteiger partial charge < -0.3 is 14.7 Å². The average Bonchev–Trinajstić information content (AvgIpc) is 2.10. The fraction of sp³-hybridized carbons (Fsp3) is 0. The highest BCUT2D eigenvalue weighted by Crippen LogP contribution is 2.24. The van der Waals surface area contributed by atoms with Crippen LogP contribution in [-0.4, -0.2) is 17.4 Å². The Kier molecular flexibility index (Phi) is 2.97. The molecule has 0 aliphatic rings. The second kappa shape index (κ2) is 3.85. The molecular weight excluding hydrogens is 207 g/mol. The summed E-state index contributed by atoms with van der Waals surface area (Å²) >= 11 is 0. The first-order chi connectivity index (χ1) is 6.43. The van der Waals surface area contributed by atoms with Crippen LogP contribution in [0.4, 0.5) is 17.6 Å². The van der Waals surface area contributed by atoms with Gasteiger partial charge in [-0.25, -0.2) is 13.2 Å². The van der Waals surface area contributed by atoms with Gasteiger partial charge in [-0.05, 0) is 0 Å². The van der Waals surface area contributed by atoms with E-state index in [4.69, 9.17) is 10.0 Å². The first-order valence-corrected chi connectivity index (χ1v) is 3.29. The van der Waals surface area contributed by atoms with Gasteiger partial charge in [-0.2, -0.15) is 4.39 Å². The lowest BCUT2D eigenvalue weighted by molar-refractivity contribution is 0.276. The van der Waals surface area contributed by atoms with Gasteiger partial charge in [0.15, 0.2) is 11.6 Å². The second-order valence-electron chi connectivity index (χ2n) is 2.24. The zero-order chi connectivity index (χ0) is 10.9. The molecular formula is C6H3BF4O3. The molecule has 0 unspecified atom stereocenters. The van der Waals surface area contributed by atoms with Crippen molar-refractivity contribution in [2.24, 2.45) is 0 Å². The van der Waals surface area contributed by atoms with Crippen molar-refractivity contribution in [3.63, 3.8) is 0 Å². The molecule has 8 heteroatoms. The van der Waals surface area contributed by atoms with E-state index in [0.29, 0.717) is 0 Å². The molecule has 1 rings (SSSR count). The molecule has 0 aromatic heterocycles. The summed E-state index contributed by atoms with van der Waals surface area (Å²) in [6.45, 7) is 0. The fourth-order valence-electron chi connectivity index (χ4n) is 0.750. The van der Waals surface area contributed by atoms with Crippen molar-refractivity contribution in [2.75, 3.05) is 0 Å². The summed E-state index contributed by atoms with van der Waals surface area (Å²) in [6.07, 6.45) is 0. The van der Waals surface area contributed by atoms with Gasteiger partial charge in [-0.3, -0.25) is 0 Å². The van der Waals surface area contributed by atoms with Gasteiger partial charge in [0.2, 0.25) is 11.6 Å². The number of rotatable bonds is 2. The minimum Gasteiger partial charge on any atom is -0.509 e. The summed E-state index contributed by atoms with van der Waals surface area (Å²) < 4.78 is 53.8. The molecule has 0 atom stereocenters. The van der Waals surface area contributed by atoms with E-state index in [1.807, 2.05) is 0 Å². The van der Waals surface area contributed by atoms with Crippen molar-refractivity contribution in [3.05, 3.63) is 29.3 Å². The number of hydrogen-bond acceptors (Lipinski definition) is 3. The Bertz CT molecular complexity index is 357. The quantitative estimate of drug-likeness (QED) is 0.325. The van der Waals surface area contributed by atoms with Gasteiger partial charge in [0, 0.05) is 6.07 Å². The minimum atomic E-state index is -2.45. The van der Waals surface area contributed by atoms with E-state index >= 15 is 0 Å². The number of hydrogen-bond donors (Lipinski definition) is 2. The zero-order valence-electron chi connectivity index (χ0n) is 6.47. The van der Waals surface area contributed by atoms with Gasteiger partial charge >= 0.3 is 7.32 Å². The molecule has 0 aliphatic carbocycles. The molecule has 0 aliphatic heterocycles. The summed E-state index contributed by atoms with van der Waals surface area (Å²) in [5.41, 5.74) is 0. The smallest absolute Gasteiger partial charge is 0.509 e. The summed E-state index contributed by atoms with van der Waals surface area (Å²) in [6, 6.07) is 0.160. The summed E-state index contributed by atoms with van der Waals surface area (Å²) in [7, 11) is -2.45. The maximum Gasteiger partial charge on any atom is 0.707 e. The standard InChI is InChI=1S/C6H3BF4O3/c8-2-1-3(14-7(12)13)5(10)6(11)4(2)9/h1,12-13H. The third kappa shape index (κ3) is 1.96. The van der Waals surface area contributed by atoms with Gasteiger partial charge in [-0.15, -0.1) is 0 Å². The van der Waals surface area contributed by atoms with Gasteiger partial charge in [0.25, 0.3) is 0 Å². The van der Waals surface area contributed by atoms with E-state index in [-0.39, 0.29) is 6.07 Å². The highest BCUT2D eigenvalue weighted by atomic mass is 19.2. The highest BCUT2D eigenvalue weighted by Gasteiger charge is 2.23. The van der Waals surface area contributed by atoms with E-state index < -0.39 is 36.3 Å². The molecule has 0 radical (unpaired) electrons. The van der Waals surface area contributed by atoms with Crippen LogP contribution in [0.15, 0.2) is 6.07 Å². The van der Waals surface area contributed by atoms with E-state index in [1.54, 1.807) is 0 Å². The third-order valence-corrected chi connectivity index (χ3v) is 1.30. The van der Waals surface area contributed by atoms with Crippen LogP contribution in [0.3, 0.4) is 0 Å². The van der Waals surface area contributed by atoms with Gasteiger partial charge in [0.05, 0.1) is 0 Å². The van der Waals surface area contributed by atoms with Crippen LogP contribution in [0.1, 0.15) is 0 Å². The number of halogens is 4. The van der Waals surface area contributed by atoms with Crippen molar-refractivity contribution in [3.8, 4) is 5.75 Å². The van der Waals surface area contributed by atoms with Crippen LogP contribution >= 0.6 is 0 Å². The average molecular weight is 210 g/mol. The fourth-order valence-corrected chi connectivity index (χ4v) is 0.750. The topological polar surface area (TPSA) is 49.7 Å². The Hall–Kier alpha value is -1.28. The lowest BCUT2D eigenvalue weighted by Gasteiger charge is -2.06. The molecule has 0 bridgehead atoms. The Balaban J connectivity index is 3.19. The number of benzene rings is 1. The Morgan fingerprint density at radius 2 is 1.57 bits per heavy atom. The molecule has 0 saturated carbocycles. The molecule has 76 valence electrons. The molecule has 3 nitrogen and oxygen atoms in total. The zero-order valence-corrected chi connectivity index (χ0v) is 6.47. The molecule has 0 amide bonds.